The molecule has 2 saturated heterocycles. The number of methoxy groups -OCH3 is 1. The van der Waals surface area contributed by atoms with E-state index in [4.69, 9.17) is 14.5 Å². The van der Waals surface area contributed by atoms with Crippen LogP contribution in [-0.2, 0) is 26.6 Å². The van der Waals surface area contributed by atoms with Gasteiger partial charge in [0.05, 0.1) is 24.8 Å². The fourth-order valence-corrected chi connectivity index (χ4v) is 5.50. The molecule has 0 spiro atoms. The van der Waals surface area contributed by atoms with E-state index >= 15 is 0 Å². The van der Waals surface area contributed by atoms with Gasteiger partial charge in [0.1, 0.15) is 5.82 Å². The number of piperazine rings is 1. The number of esters is 1. The summed E-state index contributed by atoms with van der Waals surface area (Å²) in [6, 6.07) is 9.71. The zero-order valence-electron chi connectivity index (χ0n) is 22.0. The number of likely N-dealkylation sites (N-methyl/N-ethyl adjacent to an activating group) is 1. The second kappa shape index (κ2) is 13.2. The van der Waals surface area contributed by atoms with Crippen molar-refractivity contribution < 1.29 is 19.1 Å². The molecule has 3 heterocycles. The molecule has 2 aromatic rings. The van der Waals surface area contributed by atoms with E-state index in [1.807, 2.05) is 30.3 Å². The first-order valence-electron chi connectivity index (χ1n) is 12.9. The summed E-state index contributed by atoms with van der Waals surface area (Å²) >= 11 is 1.56. The van der Waals surface area contributed by atoms with Crippen LogP contribution < -0.4 is 4.90 Å². The van der Waals surface area contributed by atoms with Crippen LogP contribution in [0.5, 0.6) is 0 Å². The third kappa shape index (κ3) is 7.43. The summed E-state index contributed by atoms with van der Waals surface area (Å²) in [4.78, 5) is 41.3. The van der Waals surface area contributed by atoms with Crippen molar-refractivity contribution >= 4 is 29.5 Å². The number of nitrogens with zero attached hydrogens (tertiary/aromatic N) is 5. The molecule has 2 aliphatic heterocycles. The van der Waals surface area contributed by atoms with Crippen LogP contribution in [0.2, 0.25) is 0 Å². The fourth-order valence-electron chi connectivity index (χ4n) is 4.68. The Balaban J connectivity index is 1.42. The van der Waals surface area contributed by atoms with Crippen molar-refractivity contribution in [3.05, 3.63) is 47.2 Å². The number of ether oxygens (including phenoxy) is 2. The van der Waals surface area contributed by atoms with Crippen molar-refractivity contribution in [1.82, 2.24) is 19.8 Å². The molecule has 10 heteroatoms. The first-order chi connectivity index (χ1) is 18.0. The Morgan fingerprint density at radius 1 is 1.11 bits per heavy atom. The summed E-state index contributed by atoms with van der Waals surface area (Å²) in [5.41, 5.74) is 2.52. The van der Waals surface area contributed by atoms with Crippen LogP contribution in [0.4, 0.5) is 5.82 Å². The van der Waals surface area contributed by atoms with Crippen LogP contribution in [0.25, 0.3) is 0 Å². The number of hydrogen-bond acceptors (Lipinski definition) is 9. The molecule has 2 aliphatic rings. The van der Waals surface area contributed by atoms with Crippen molar-refractivity contribution in [2.75, 3.05) is 64.9 Å². The number of aromatic nitrogens is 2. The van der Waals surface area contributed by atoms with E-state index in [0.717, 1.165) is 56.1 Å². The quantitative estimate of drug-likeness (QED) is 0.277. The van der Waals surface area contributed by atoms with E-state index in [1.54, 1.807) is 30.7 Å². The number of anilines is 1. The summed E-state index contributed by atoms with van der Waals surface area (Å²) in [5.74, 6) is 1.07. The van der Waals surface area contributed by atoms with E-state index in [0.29, 0.717) is 42.8 Å². The topological polar surface area (TPSA) is 88.1 Å². The molecule has 0 aliphatic carbocycles. The maximum absolute atomic E-state index is 13.2. The second-order valence-electron chi connectivity index (χ2n) is 9.55. The van der Waals surface area contributed by atoms with Crippen molar-refractivity contribution in [2.24, 2.45) is 5.92 Å². The average molecular weight is 528 g/mol. The average Bonchev–Trinajstić information content (AvgIpc) is 2.92. The lowest BCUT2D eigenvalue weighted by molar-refractivity contribution is -0.149. The van der Waals surface area contributed by atoms with Gasteiger partial charge in [-0.25, -0.2) is 9.97 Å². The zero-order chi connectivity index (χ0) is 26.2. The normalized spacial score (nSPS) is 18.6. The third-order valence-electron chi connectivity index (χ3n) is 6.74. The molecule has 0 N–H and O–H groups in total. The lowest BCUT2D eigenvalue weighted by Gasteiger charge is -2.33. The molecule has 0 saturated carbocycles. The number of hydrogen-bond donors (Lipinski definition) is 0. The maximum atomic E-state index is 13.2. The Kier molecular flexibility index (Phi) is 9.76. The maximum Gasteiger partial charge on any atom is 0.310 e. The van der Waals surface area contributed by atoms with E-state index in [1.165, 1.54) is 0 Å². The number of carbonyl (C=O) groups is 2. The highest BCUT2D eigenvalue weighted by atomic mass is 32.2. The van der Waals surface area contributed by atoms with Gasteiger partial charge in [-0.3, -0.25) is 9.59 Å². The number of likely N-dealkylation sites (tertiary alicyclic amines) is 1. The fraction of sp³-hybridized carbons (Fsp3) is 0.556. The number of piperidine rings is 1. The van der Waals surface area contributed by atoms with Gasteiger partial charge in [-0.05, 0) is 44.5 Å². The van der Waals surface area contributed by atoms with Crippen molar-refractivity contribution in [3.63, 3.8) is 0 Å². The zero-order valence-corrected chi connectivity index (χ0v) is 22.8. The van der Waals surface area contributed by atoms with Crippen molar-refractivity contribution in [2.45, 2.75) is 37.3 Å². The van der Waals surface area contributed by atoms with Gasteiger partial charge in [0.15, 0.2) is 5.16 Å². The van der Waals surface area contributed by atoms with E-state index < -0.39 is 0 Å². The van der Waals surface area contributed by atoms with Crippen molar-refractivity contribution in [3.8, 4) is 0 Å². The number of amides is 1. The van der Waals surface area contributed by atoms with Gasteiger partial charge < -0.3 is 24.2 Å². The highest BCUT2D eigenvalue weighted by molar-refractivity contribution is 7.98. The lowest BCUT2D eigenvalue weighted by atomic mass is 9.97. The molecule has 1 atom stereocenters. The predicted molar refractivity (Wildman–Crippen MR) is 144 cm³/mol. The van der Waals surface area contributed by atoms with Gasteiger partial charge in [0, 0.05) is 63.8 Å². The Bertz CT molecular complexity index is 1080. The van der Waals surface area contributed by atoms with Gasteiger partial charge in [-0.2, -0.15) is 0 Å². The molecule has 1 aromatic carbocycles. The molecule has 1 aromatic heterocycles. The molecule has 200 valence electrons. The lowest BCUT2D eigenvalue weighted by Crippen LogP contribution is -2.44. The SMILES string of the molecule is CCOC(=O)[C@@H]1CCCN(C(=O)c2cccc(CSc3nc(COC)cc(N4CCN(C)CC4)n3)c2)C1. The number of rotatable bonds is 9. The second-order valence-corrected chi connectivity index (χ2v) is 10.5. The largest absolute Gasteiger partial charge is 0.466 e. The summed E-state index contributed by atoms with van der Waals surface area (Å²) < 4.78 is 10.5. The molecule has 0 unspecified atom stereocenters. The summed E-state index contributed by atoms with van der Waals surface area (Å²) in [7, 11) is 3.81. The molecule has 4 rings (SSSR count). The van der Waals surface area contributed by atoms with Gasteiger partial charge in [-0.1, -0.05) is 23.9 Å². The number of carbonyl (C=O) groups excluding carboxylic acids is 2. The van der Waals surface area contributed by atoms with Crippen molar-refractivity contribution in [1.29, 1.82) is 0 Å². The van der Waals surface area contributed by atoms with Crippen LogP contribution in [0.1, 0.15) is 41.4 Å². The minimum atomic E-state index is -0.248. The van der Waals surface area contributed by atoms with Gasteiger partial charge >= 0.3 is 5.97 Å². The Hall–Kier alpha value is -2.69. The van der Waals surface area contributed by atoms with Crippen LogP contribution in [0, 0.1) is 5.92 Å². The molecule has 2 fully saturated rings. The summed E-state index contributed by atoms with van der Waals surface area (Å²) in [6.07, 6.45) is 1.56. The van der Waals surface area contributed by atoms with Gasteiger partial charge in [0.25, 0.3) is 5.91 Å². The summed E-state index contributed by atoms with van der Waals surface area (Å²) in [6.45, 7) is 7.54. The number of thioether (sulfide) groups is 1. The smallest absolute Gasteiger partial charge is 0.310 e. The molecular weight excluding hydrogens is 490 g/mol. The molecule has 0 radical (unpaired) electrons. The molecule has 9 nitrogen and oxygen atoms in total. The highest BCUT2D eigenvalue weighted by Crippen LogP contribution is 2.25. The Labute approximate surface area is 223 Å². The molecule has 1 amide bonds. The minimum absolute atomic E-state index is 0.0449. The standard InChI is InChI=1S/C27H37N5O4S/c1-4-36-26(34)22-9-6-10-32(17-22)25(33)21-8-5-7-20(15-21)19-37-27-28-23(18-35-3)16-24(29-27)31-13-11-30(2)12-14-31/h5,7-8,15-16,22H,4,6,9-14,17-19H2,1-3H3/t22-/m1/s1. The summed E-state index contributed by atoms with van der Waals surface area (Å²) in [5, 5.41) is 0.702. The Morgan fingerprint density at radius 2 is 1.92 bits per heavy atom. The van der Waals surface area contributed by atoms with E-state index in [-0.39, 0.29) is 17.8 Å². The molecule has 37 heavy (non-hydrogen) atoms. The number of benzene rings is 1. The Morgan fingerprint density at radius 3 is 2.68 bits per heavy atom. The monoisotopic (exact) mass is 527 g/mol. The van der Waals surface area contributed by atoms with E-state index in [9.17, 15) is 9.59 Å². The molecule has 0 bridgehead atoms. The van der Waals surface area contributed by atoms with Gasteiger partial charge in [-0.15, -0.1) is 0 Å². The highest BCUT2D eigenvalue weighted by Gasteiger charge is 2.30. The molecular formula is C27H37N5O4S. The predicted octanol–water partition coefficient (Wildman–Crippen LogP) is 3.08. The first kappa shape index (κ1) is 27.3. The van der Waals surface area contributed by atoms with Crippen LogP contribution in [-0.4, -0.2) is 91.7 Å². The van der Waals surface area contributed by atoms with Crippen LogP contribution in [0.3, 0.4) is 0 Å². The van der Waals surface area contributed by atoms with Crippen LogP contribution >= 0.6 is 11.8 Å². The van der Waals surface area contributed by atoms with Gasteiger partial charge in [0.2, 0.25) is 0 Å². The van der Waals surface area contributed by atoms with E-state index in [2.05, 4.69) is 21.8 Å². The first-order valence-corrected chi connectivity index (χ1v) is 13.9. The van der Waals surface area contributed by atoms with Crippen LogP contribution in [0.15, 0.2) is 35.5 Å². The third-order valence-corrected chi connectivity index (χ3v) is 7.65. The minimum Gasteiger partial charge on any atom is -0.466 e.